The highest BCUT2D eigenvalue weighted by Crippen LogP contribution is 2.23. The molecule has 0 radical (unpaired) electrons. The second-order valence-corrected chi connectivity index (χ2v) is 5.62. The van der Waals surface area contributed by atoms with E-state index in [0.717, 1.165) is 12.3 Å². The Balaban J connectivity index is 1.78. The first-order valence-corrected chi connectivity index (χ1v) is 7.36. The lowest BCUT2D eigenvalue weighted by atomic mass is 9.92. The van der Waals surface area contributed by atoms with Gasteiger partial charge in [-0.3, -0.25) is 0 Å². The molecule has 0 amide bonds. The molecule has 0 aromatic carbocycles. The van der Waals surface area contributed by atoms with E-state index in [4.69, 9.17) is 4.98 Å². The average molecular weight is 234 g/mol. The van der Waals surface area contributed by atoms with E-state index in [0.29, 0.717) is 0 Å². The van der Waals surface area contributed by atoms with E-state index in [1.165, 1.54) is 68.6 Å². The van der Waals surface area contributed by atoms with Crippen molar-refractivity contribution in [3.63, 3.8) is 0 Å². The summed E-state index contributed by atoms with van der Waals surface area (Å²) in [6.07, 6.45) is 11.6. The van der Waals surface area contributed by atoms with Crippen LogP contribution >= 0.6 is 0 Å². The standard InChI is InChI=1S/C15H26N2/c1-3-4-5-6-7-8-15-16-13-10-9-12(2)11-14(13)17-15/h12H,3-11H2,1-2H3,(H,16,17). The Morgan fingerprint density at radius 3 is 2.88 bits per heavy atom. The Morgan fingerprint density at radius 2 is 2.06 bits per heavy atom. The summed E-state index contributed by atoms with van der Waals surface area (Å²) < 4.78 is 0. The van der Waals surface area contributed by atoms with Gasteiger partial charge in [-0.2, -0.15) is 0 Å². The van der Waals surface area contributed by atoms with Crippen LogP contribution in [-0.2, 0) is 19.3 Å². The lowest BCUT2D eigenvalue weighted by Crippen LogP contribution is -2.10. The van der Waals surface area contributed by atoms with Crippen molar-refractivity contribution in [3.8, 4) is 0 Å². The number of H-pyrrole nitrogens is 1. The number of hydrogen-bond acceptors (Lipinski definition) is 1. The van der Waals surface area contributed by atoms with Gasteiger partial charge in [-0.15, -0.1) is 0 Å². The number of hydrogen-bond donors (Lipinski definition) is 1. The van der Waals surface area contributed by atoms with Crippen molar-refractivity contribution >= 4 is 0 Å². The van der Waals surface area contributed by atoms with Crippen molar-refractivity contribution in [3.05, 3.63) is 17.2 Å². The zero-order valence-corrected chi connectivity index (χ0v) is 11.4. The largest absolute Gasteiger partial charge is 0.346 e. The van der Waals surface area contributed by atoms with Crippen LogP contribution in [0.25, 0.3) is 0 Å². The van der Waals surface area contributed by atoms with Crippen LogP contribution in [-0.4, -0.2) is 9.97 Å². The molecular formula is C15H26N2. The number of imidazole rings is 1. The third-order valence-corrected chi connectivity index (χ3v) is 3.86. The van der Waals surface area contributed by atoms with Gasteiger partial charge in [0.2, 0.25) is 0 Å². The molecule has 17 heavy (non-hydrogen) atoms. The zero-order chi connectivity index (χ0) is 12.1. The molecule has 96 valence electrons. The van der Waals surface area contributed by atoms with E-state index in [9.17, 15) is 0 Å². The number of rotatable bonds is 6. The molecule has 0 aliphatic heterocycles. The van der Waals surface area contributed by atoms with Crippen LogP contribution in [0.2, 0.25) is 0 Å². The predicted octanol–water partition coefficient (Wildman–Crippen LogP) is 4.05. The van der Waals surface area contributed by atoms with E-state index >= 15 is 0 Å². The molecule has 0 saturated heterocycles. The van der Waals surface area contributed by atoms with Crippen LogP contribution in [0.15, 0.2) is 0 Å². The van der Waals surface area contributed by atoms with Gasteiger partial charge in [0.05, 0.1) is 5.69 Å². The van der Waals surface area contributed by atoms with Crippen LogP contribution in [0.5, 0.6) is 0 Å². The quantitative estimate of drug-likeness (QED) is 0.739. The summed E-state index contributed by atoms with van der Waals surface area (Å²) in [5.74, 6) is 2.07. The van der Waals surface area contributed by atoms with Gasteiger partial charge in [0.25, 0.3) is 0 Å². The average Bonchev–Trinajstić information content (AvgIpc) is 2.70. The molecule has 2 rings (SSSR count). The third-order valence-electron chi connectivity index (χ3n) is 3.86. The monoisotopic (exact) mass is 234 g/mol. The smallest absolute Gasteiger partial charge is 0.106 e. The molecule has 1 aromatic rings. The SMILES string of the molecule is CCCCCCCc1nc2c([nH]1)CC(C)CC2. The van der Waals surface area contributed by atoms with Crippen LogP contribution in [0.3, 0.4) is 0 Å². The molecule has 1 atom stereocenters. The highest BCUT2D eigenvalue weighted by molar-refractivity contribution is 5.18. The molecule has 1 unspecified atom stereocenters. The molecule has 2 heteroatoms. The normalized spacial score (nSPS) is 19.3. The van der Waals surface area contributed by atoms with Crippen molar-refractivity contribution in [2.24, 2.45) is 5.92 Å². The molecule has 2 nitrogen and oxygen atoms in total. The zero-order valence-electron chi connectivity index (χ0n) is 11.4. The van der Waals surface area contributed by atoms with Crippen molar-refractivity contribution in [2.75, 3.05) is 0 Å². The minimum absolute atomic E-state index is 0.834. The van der Waals surface area contributed by atoms with Gasteiger partial charge in [-0.1, -0.05) is 39.5 Å². The second-order valence-electron chi connectivity index (χ2n) is 5.62. The Kier molecular flexibility index (Phi) is 4.64. The maximum atomic E-state index is 4.75. The lowest BCUT2D eigenvalue weighted by molar-refractivity contribution is 0.492. The summed E-state index contributed by atoms with van der Waals surface area (Å²) in [6.45, 7) is 4.61. The van der Waals surface area contributed by atoms with E-state index in [1.807, 2.05) is 0 Å². The molecule has 1 aromatic heterocycles. The number of aromatic nitrogens is 2. The number of aryl methyl sites for hydroxylation is 2. The topological polar surface area (TPSA) is 28.7 Å². The van der Waals surface area contributed by atoms with Gasteiger partial charge < -0.3 is 4.98 Å². The molecule has 0 saturated carbocycles. The first kappa shape index (κ1) is 12.7. The number of nitrogens with zero attached hydrogens (tertiary/aromatic N) is 1. The minimum Gasteiger partial charge on any atom is -0.346 e. The molecule has 1 N–H and O–H groups in total. The van der Waals surface area contributed by atoms with E-state index < -0.39 is 0 Å². The second kappa shape index (κ2) is 6.23. The van der Waals surface area contributed by atoms with Gasteiger partial charge in [0.1, 0.15) is 5.82 Å². The summed E-state index contributed by atoms with van der Waals surface area (Å²) in [5, 5.41) is 0. The van der Waals surface area contributed by atoms with Gasteiger partial charge >= 0.3 is 0 Å². The lowest BCUT2D eigenvalue weighted by Gasteiger charge is -2.15. The fourth-order valence-electron chi connectivity index (χ4n) is 2.73. The molecule has 1 aliphatic rings. The number of nitrogens with one attached hydrogen (secondary N) is 1. The fourth-order valence-corrected chi connectivity index (χ4v) is 2.73. The summed E-state index contributed by atoms with van der Waals surface area (Å²) in [6, 6.07) is 0. The van der Waals surface area contributed by atoms with E-state index in [2.05, 4.69) is 18.8 Å². The van der Waals surface area contributed by atoms with Gasteiger partial charge in [0, 0.05) is 12.1 Å². The van der Waals surface area contributed by atoms with Crippen molar-refractivity contribution < 1.29 is 0 Å². The number of fused-ring (bicyclic) bond motifs is 1. The fraction of sp³-hybridized carbons (Fsp3) is 0.800. The highest BCUT2D eigenvalue weighted by Gasteiger charge is 2.18. The molecule has 1 aliphatic carbocycles. The van der Waals surface area contributed by atoms with Crippen molar-refractivity contribution in [1.29, 1.82) is 0 Å². The molecule has 0 bridgehead atoms. The van der Waals surface area contributed by atoms with Gasteiger partial charge in [0.15, 0.2) is 0 Å². The Bertz CT molecular complexity index is 341. The molecule has 1 heterocycles. The molecular weight excluding hydrogens is 208 g/mol. The molecule has 0 fully saturated rings. The summed E-state index contributed by atoms with van der Waals surface area (Å²) in [4.78, 5) is 8.29. The van der Waals surface area contributed by atoms with Crippen LogP contribution in [0, 0.1) is 5.92 Å². The van der Waals surface area contributed by atoms with Crippen LogP contribution < -0.4 is 0 Å². The maximum absolute atomic E-state index is 4.75. The van der Waals surface area contributed by atoms with Crippen molar-refractivity contribution in [2.45, 2.75) is 71.6 Å². The summed E-state index contributed by atoms with van der Waals surface area (Å²) >= 11 is 0. The highest BCUT2D eigenvalue weighted by atomic mass is 14.9. The Labute approximate surface area is 105 Å². The van der Waals surface area contributed by atoms with Gasteiger partial charge in [-0.25, -0.2) is 4.98 Å². The maximum Gasteiger partial charge on any atom is 0.106 e. The minimum atomic E-state index is 0.834. The predicted molar refractivity (Wildman–Crippen MR) is 72.2 cm³/mol. The first-order valence-electron chi connectivity index (χ1n) is 7.36. The Hall–Kier alpha value is -0.790. The number of aromatic amines is 1. The third kappa shape index (κ3) is 3.58. The van der Waals surface area contributed by atoms with Crippen LogP contribution in [0.4, 0.5) is 0 Å². The Morgan fingerprint density at radius 1 is 1.24 bits per heavy atom. The first-order chi connectivity index (χ1) is 8.29. The molecule has 0 spiro atoms. The summed E-state index contributed by atoms with van der Waals surface area (Å²) in [5.41, 5.74) is 2.78. The van der Waals surface area contributed by atoms with E-state index in [1.54, 1.807) is 0 Å². The number of unbranched alkanes of at least 4 members (excludes halogenated alkanes) is 4. The van der Waals surface area contributed by atoms with Crippen LogP contribution in [0.1, 0.15) is 69.6 Å². The summed E-state index contributed by atoms with van der Waals surface area (Å²) in [7, 11) is 0. The van der Waals surface area contributed by atoms with E-state index in [-0.39, 0.29) is 0 Å². The van der Waals surface area contributed by atoms with Crippen molar-refractivity contribution in [1.82, 2.24) is 9.97 Å². The van der Waals surface area contributed by atoms with Gasteiger partial charge in [-0.05, 0) is 31.6 Å².